The lowest BCUT2D eigenvalue weighted by atomic mass is 9.81. The van der Waals surface area contributed by atoms with Gasteiger partial charge in [0.15, 0.2) is 0 Å². The fourth-order valence-electron chi connectivity index (χ4n) is 4.68. The molecule has 1 heterocycles. The fraction of sp³-hybridized carbons (Fsp3) is 0.667. The van der Waals surface area contributed by atoms with Crippen molar-refractivity contribution in [1.29, 1.82) is 0 Å². The van der Waals surface area contributed by atoms with Crippen molar-refractivity contribution in [3.05, 3.63) is 30.3 Å². The highest BCUT2D eigenvalue weighted by Gasteiger charge is 2.48. The Labute approximate surface area is 184 Å². The first-order valence-electron chi connectivity index (χ1n) is 11.3. The van der Waals surface area contributed by atoms with Crippen molar-refractivity contribution in [2.75, 3.05) is 6.61 Å². The van der Waals surface area contributed by atoms with Crippen LogP contribution in [0.3, 0.4) is 0 Å². The first kappa shape index (κ1) is 23.1. The van der Waals surface area contributed by atoms with Crippen LogP contribution in [0.15, 0.2) is 35.2 Å². The van der Waals surface area contributed by atoms with E-state index in [4.69, 9.17) is 4.74 Å². The maximum atomic E-state index is 13.4. The van der Waals surface area contributed by atoms with Gasteiger partial charge in [-0.1, -0.05) is 71.1 Å². The second-order valence-electron chi connectivity index (χ2n) is 9.08. The Bertz CT molecular complexity index is 715. The van der Waals surface area contributed by atoms with E-state index in [0.717, 1.165) is 43.4 Å². The molecule has 30 heavy (non-hydrogen) atoms. The number of cyclic esters (lactones) is 1. The Morgan fingerprint density at radius 2 is 1.70 bits per heavy atom. The van der Waals surface area contributed by atoms with Crippen LogP contribution < -0.4 is 0 Å². The van der Waals surface area contributed by atoms with Gasteiger partial charge in [0.05, 0.1) is 18.1 Å². The first-order valence-corrected chi connectivity index (χ1v) is 12.1. The van der Waals surface area contributed by atoms with Crippen LogP contribution in [-0.2, 0) is 9.53 Å². The number of hydrogen-bond donors (Lipinski definition) is 1. The number of rotatable bonds is 6. The van der Waals surface area contributed by atoms with Gasteiger partial charge in [0.2, 0.25) is 5.91 Å². The predicted molar refractivity (Wildman–Crippen MR) is 119 cm³/mol. The summed E-state index contributed by atoms with van der Waals surface area (Å²) >= 11 is 1.70. The molecular formula is C24H35NO4S. The average Bonchev–Trinajstić information content (AvgIpc) is 3.11. The number of aliphatic hydroxyl groups is 1. The third-order valence-electron chi connectivity index (χ3n) is 6.58. The summed E-state index contributed by atoms with van der Waals surface area (Å²) in [6.07, 6.45) is 5.92. The first-order chi connectivity index (χ1) is 14.4. The molecule has 0 aromatic heterocycles. The second-order valence-corrected chi connectivity index (χ2v) is 10.6. The van der Waals surface area contributed by atoms with Crippen LogP contribution in [0.1, 0.15) is 65.7 Å². The summed E-state index contributed by atoms with van der Waals surface area (Å²) in [5, 5.41) is 11.6. The average molecular weight is 434 g/mol. The molecule has 1 aliphatic carbocycles. The van der Waals surface area contributed by atoms with E-state index >= 15 is 0 Å². The van der Waals surface area contributed by atoms with E-state index in [0.29, 0.717) is 0 Å². The minimum atomic E-state index is -0.838. The van der Waals surface area contributed by atoms with Crippen molar-refractivity contribution in [3.63, 3.8) is 0 Å². The number of amides is 2. The van der Waals surface area contributed by atoms with E-state index in [-0.39, 0.29) is 24.5 Å². The highest BCUT2D eigenvalue weighted by atomic mass is 32.2. The Morgan fingerprint density at radius 1 is 1.10 bits per heavy atom. The fourth-order valence-corrected chi connectivity index (χ4v) is 6.26. The Morgan fingerprint density at radius 3 is 2.30 bits per heavy atom. The van der Waals surface area contributed by atoms with Gasteiger partial charge in [0.1, 0.15) is 6.61 Å². The molecule has 1 N–H and O–H groups in total. The SMILES string of the molecule is CC(C)[C@H]1COC(=O)N1C(=O)[C@@H](C)[C@@H](O)C1(Sc2ccccc2)CCCCCCC1. The summed E-state index contributed by atoms with van der Waals surface area (Å²) in [4.78, 5) is 28.0. The van der Waals surface area contributed by atoms with Crippen LogP contribution in [0.5, 0.6) is 0 Å². The van der Waals surface area contributed by atoms with Gasteiger partial charge in [-0.3, -0.25) is 4.79 Å². The molecule has 1 aromatic rings. The van der Waals surface area contributed by atoms with Gasteiger partial charge in [-0.25, -0.2) is 9.69 Å². The lowest BCUT2D eigenvalue weighted by molar-refractivity contribution is -0.138. The van der Waals surface area contributed by atoms with Gasteiger partial charge >= 0.3 is 6.09 Å². The summed E-state index contributed by atoms with van der Waals surface area (Å²) in [7, 11) is 0. The quantitative estimate of drug-likeness (QED) is 0.663. The van der Waals surface area contributed by atoms with Crippen molar-refractivity contribution < 1.29 is 19.4 Å². The van der Waals surface area contributed by atoms with Gasteiger partial charge in [-0.05, 0) is 30.9 Å². The number of benzene rings is 1. The highest BCUT2D eigenvalue weighted by Crippen LogP contribution is 2.47. The Hall–Kier alpha value is -1.53. The molecular weight excluding hydrogens is 398 g/mol. The van der Waals surface area contributed by atoms with Crippen LogP contribution in [0.2, 0.25) is 0 Å². The standard InChI is InChI=1S/C24H35NO4S/c1-17(2)20-16-29-23(28)25(20)22(27)18(3)21(26)24(14-10-5-4-6-11-15-24)30-19-12-8-7-9-13-19/h7-9,12-13,17-18,20-21,26H,4-6,10-11,14-16H2,1-3H3/t18-,20+,21+/m0/s1. The molecule has 1 saturated heterocycles. The molecule has 0 unspecified atom stereocenters. The third-order valence-corrected chi connectivity index (χ3v) is 8.14. The van der Waals surface area contributed by atoms with Crippen molar-refractivity contribution in [2.45, 2.75) is 87.5 Å². The molecule has 1 saturated carbocycles. The summed E-state index contributed by atoms with van der Waals surface area (Å²) in [5.74, 6) is -0.884. The normalized spacial score (nSPS) is 24.1. The summed E-state index contributed by atoms with van der Waals surface area (Å²) in [5.41, 5.74) is 0. The van der Waals surface area contributed by atoms with E-state index in [1.54, 1.807) is 18.7 Å². The van der Waals surface area contributed by atoms with Gasteiger partial charge in [0.25, 0.3) is 0 Å². The number of carbonyl (C=O) groups excluding carboxylic acids is 2. The molecule has 2 amide bonds. The minimum absolute atomic E-state index is 0.110. The van der Waals surface area contributed by atoms with Crippen LogP contribution in [0, 0.1) is 11.8 Å². The third kappa shape index (κ3) is 5.02. The maximum Gasteiger partial charge on any atom is 0.416 e. The van der Waals surface area contributed by atoms with Crippen molar-refractivity contribution in [1.82, 2.24) is 4.90 Å². The van der Waals surface area contributed by atoms with E-state index in [1.165, 1.54) is 11.3 Å². The predicted octanol–water partition coefficient (Wildman–Crippen LogP) is 5.26. The lowest BCUT2D eigenvalue weighted by Crippen LogP contribution is -2.52. The Kier molecular flexibility index (Phi) is 7.86. The smallest absolute Gasteiger partial charge is 0.416 e. The van der Waals surface area contributed by atoms with Crippen molar-refractivity contribution in [2.24, 2.45) is 11.8 Å². The molecule has 3 atom stereocenters. The molecule has 0 radical (unpaired) electrons. The lowest BCUT2D eigenvalue weighted by Gasteiger charge is -2.42. The zero-order chi connectivity index (χ0) is 21.7. The number of thioether (sulfide) groups is 1. The zero-order valence-electron chi connectivity index (χ0n) is 18.4. The van der Waals surface area contributed by atoms with E-state index in [2.05, 4.69) is 12.1 Å². The molecule has 5 nitrogen and oxygen atoms in total. The molecule has 2 aliphatic rings. The summed E-state index contributed by atoms with van der Waals surface area (Å²) in [6.45, 7) is 5.96. The van der Waals surface area contributed by atoms with Crippen LogP contribution in [0.4, 0.5) is 4.79 Å². The summed E-state index contributed by atoms with van der Waals surface area (Å²) < 4.78 is 4.74. The van der Waals surface area contributed by atoms with E-state index in [9.17, 15) is 14.7 Å². The van der Waals surface area contributed by atoms with E-state index < -0.39 is 22.9 Å². The van der Waals surface area contributed by atoms with Gasteiger partial charge in [-0.2, -0.15) is 0 Å². The van der Waals surface area contributed by atoms with Crippen LogP contribution in [-0.4, -0.2) is 45.5 Å². The van der Waals surface area contributed by atoms with Crippen LogP contribution >= 0.6 is 11.8 Å². The largest absolute Gasteiger partial charge is 0.447 e. The number of aliphatic hydroxyl groups excluding tert-OH is 1. The second kappa shape index (κ2) is 10.2. The molecule has 6 heteroatoms. The topological polar surface area (TPSA) is 66.8 Å². The molecule has 0 spiro atoms. The highest BCUT2D eigenvalue weighted by molar-refractivity contribution is 8.00. The minimum Gasteiger partial charge on any atom is -0.447 e. The molecule has 0 bridgehead atoms. The van der Waals surface area contributed by atoms with Crippen molar-refractivity contribution >= 4 is 23.8 Å². The van der Waals surface area contributed by atoms with E-state index in [1.807, 2.05) is 32.0 Å². The number of ether oxygens (including phenoxy) is 1. The van der Waals surface area contributed by atoms with Crippen molar-refractivity contribution in [3.8, 4) is 0 Å². The number of carbonyl (C=O) groups is 2. The monoisotopic (exact) mass is 433 g/mol. The van der Waals surface area contributed by atoms with Gasteiger partial charge < -0.3 is 9.84 Å². The summed E-state index contributed by atoms with van der Waals surface area (Å²) in [6, 6.07) is 9.87. The maximum absolute atomic E-state index is 13.4. The molecule has 2 fully saturated rings. The Balaban J connectivity index is 1.86. The number of hydrogen-bond acceptors (Lipinski definition) is 5. The molecule has 3 rings (SSSR count). The number of imide groups is 1. The zero-order valence-corrected chi connectivity index (χ0v) is 19.2. The van der Waals surface area contributed by atoms with Crippen LogP contribution in [0.25, 0.3) is 0 Å². The molecule has 166 valence electrons. The van der Waals surface area contributed by atoms with Gasteiger partial charge in [0, 0.05) is 9.64 Å². The number of nitrogens with zero attached hydrogens (tertiary/aromatic N) is 1. The van der Waals surface area contributed by atoms with Gasteiger partial charge in [-0.15, -0.1) is 11.8 Å². The molecule has 1 aliphatic heterocycles. The molecule has 1 aromatic carbocycles.